The van der Waals surface area contributed by atoms with E-state index in [1.54, 1.807) is 24.3 Å². The molecule has 0 aliphatic heterocycles. The molecule has 0 fully saturated rings. The number of carbonyl (C=O) groups excluding carboxylic acids is 2. The van der Waals surface area contributed by atoms with Gasteiger partial charge in [0.05, 0.1) is 22.6 Å². The number of carbonyl (C=O) groups is 2. The fraction of sp³-hybridized carbons (Fsp3) is 0.0833. The van der Waals surface area contributed by atoms with Gasteiger partial charge in [-0.25, -0.2) is 8.42 Å². The first-order valence-electron chi connectivity index (χ1n) is 10.00. The van der Waals surface area contributed by atoms with E-state index in [1.165, 1.54) is 46.9 Å². The fourth-order valence-corrected chi connectivity index (χ4v) is 5.93. The summed E-state index contributed by atoms with van der Waals surface area (Å²) in [5.41, 5.74) is 0.802. The van der Waals surface area contributed by atoms with Crippen molar-refractivity contribution in [1.29, 1.82) is 0 Å². The smallest absolute Gasteiger partial charge is 0.229 e. The molecule has 4 rings (SSSR count). The van der Waals surface area contributed by atoms with Crippen molar-refractivity contribution < 1.29 is 18.0 Å². The van der Waals surface area contributed by atoms with Gasteiger partial charge in [-0.1, -0.05) is 24.3 Å². The molecule has 0 bridgehead atoms. The van der Waals surface area contributed by atoms with Gasteiger partial charge in [0.25, 0.3) is 0 Å². The normalized spacial score (nSPS) is 11.2. The van der Waals surface area contributed by atoms with Crippen LogP contribution in [0.25, 0.3) is 0 Å². The molecule has 2 aromatic carbocycles. The van der Waals surface area contributed by atoms with Crippen LogP contribution in [-0.4, -0.2) is 20.2 Å². The number of thiophene rings is 2. The van der Waals surface area contributed by atoms with Crippen LogP contribution in [0.5, 0.6) is 0 Å². The second-order valence-corrected chi connectivity index (χ2v) is 11.2. The molecule has 0 unspecified atom stereocenters. The maximum atomic E-state index is 13.2. The largest absolute Gasteiger partial charge is 0.326 e. The summed E-state index contributed by atoms with van der Waals surface area (Å²) < 4.78 is 26.4. The molecule has 2 heterocycles. The van der Waals surface area contributed by atoms with Crippen LogP contribution in [0.4, 0.5) is 11.4 Å². The Morgan fingerprint density at radius 3 is 1.52 bits per heavy atom. The van der Waals surface area contributed by atoms with Crippen molar-refractivity contribution in [3.63, 3.8) is 0 Å². The van der Waals surface area contributed by atoms with E-state index in [9.17, 15) is 18.0 Å². The highest BCUT2D eigenvalue weighted by Gasteiger charge is 2.19. The fourth-order valence-electron chi connectivity index (χ4n) is 3.17. The molecule has 0 saturated carbocycles. The van der Waals surface area contributed by atoms with Crippen LogP contribution in [-0.2, 0) is 32.3 Å². The number of hydrogen-bond acceptors (Lipinski definition) is 6. The minimum atomic E-state index is -3.85. The summed E-state index contributed by atoms with van der Waals surface area (Å²) in [7, 11) is -3.85. The predicted molar refractivity (Wildman–Crippen MR) is 132 cm³/mol. The highest BCUT2D eigenvalue weighted by Crippen LogP contribution is 2.26. The summed E-state index contributed by atoms with van der Waals surface area (Å²) in [6.07, 6.45) is 0.448. The van der Waals surface area contributed by atoms with Crippen LogP contribution in [0.15, 0.2) is 93.3 Å². The Balaban J connectivity index is 1.48. The lowest BCUT2D eigenvalue weighted by Gasteiger charge is -2.10. The maximum absolute atomic E-state index is 13.2. The molecule has 168 valence electrons. The van der Waals surface area contributed by atoms with Crippen molar-refractivity contribution >= 4 is 55.7 Å². The van der Waals surface area contributed by atoms with E-state index < -0.39 is 9.84 Å². The van der Waals surface area contributed by atoms with Gasteiger partial charge in [-0.15, -0.1) is 22.7 Å². The van der Waals surface area contributed by atoms with Gasteiger partial charge in [-0.05, 0) is 59.3 Å². The van der Waals surface area contributed by atoms with Gasteiger partial charge in [0.1, 0.15) is 0 Å². The molecule has 2 aromatic heterocycles. The third kappa shape index (κ3) is 5.95. The first-order valence-corrected chi connectivity index (χ1v) is 13.2. The number of benzene rings is 2. The summed E-state index contributed by atoms with van der Waals surface area (Å²) in [4.78, 5) is 26.5. The molecule has 9 heteroatoms. The zero-order valence-electron chi connectivity index (χ0n) is 17.4. The molecule has 0 saturated heterocycles. The van der Waals surface area contributed by atoms with Crippen molar-refractivity contribution in [2.24, 2.45) is 0 Å². The number of sulfone groups is 1. The number of anilines is 2. The number of nitrogens with one attached hydrogen (secondary N) is 2. The van der Waals surface area contributed by atoms with Gasteiger partial charge in [-0.2, -0.15) is 0 Å². The molecule has 2 amide bonds. The number of hydrogen-bond donors (Lipinski definition) is 2. The first-order chi connectivity index (χ1) is 15.9. The van der Waals surface area contributed by atoms with Gasteiger partial charge < -0.3 is 10.6 Å². The van der Waals surface area contributed by atoms with Crippen molar-refractivity contribution in [3.05, 3.63) is 93.3 Å². The average molecular weight is 497 g/mol. The molecule has 4 aromatic rings. The molecular formula is C24H20N2O4S3. The highest BCUT2D eigenvalue weighted by molar-refractivity contribution is 7.91. The summed E-state index contributed by atoms with van der Waals surface area (Å²) in [5.74, 6) is -0.440. The number of rotatable bonds is 8. The molecule has 2 N–H and O–H groups in total. The van der Waals surface area contributed by atoms with Crippen LogP contribution in [0.2, 0.25) is 0 Å². The molecule has 0 aliphatic rings. The Morgan fingerprint density at radius 2 is 1.12 bits per heavy atom. The van der Waals surface area contributed by atoms with Gasteiger partial charge >= 0.3 is 0 Å². The van der Waals surface area contributed by atoms with Crippen molar-refractivity contribution in [3.8, 4) is 0 Å². The zero-order chi connectivity index (χ0) is 23.3. The van der Waals surface area contributed by atoms with E-state index >= 15 is 0 Å². The summed E-state index contributed by atoms with van der Waals surface area (Å²) >= 11 is 2.97. The Bertz CT molecular complexity index is 1260. The van der Waals surface area contributed by atoms with Gasteiger partial charge in [0, 0.05) is 21.1 Å². The van der Waals surface area contributed by atoms with E-state index in [-0.39, 0.29) is 34.4 Å². The van der Waals surface area contributed by atoms with E-state index in [2.05, 4.69) is 10.6 Å². The lowest BCUT2D eigenvalue weighted by atomic mass is 10.3. The molecular weight excluding hydrogens is 476 g/mol. The third-order valence-corrected chi connectivity index (χ3v) is 8.19. The van der Waals surface area contributed by atoms with E-state index in [4.69, 9.17) is 0 Å². The number of amides is 2. The highest BCUT2D eigenvalue weighted by atomic mass is 32.2. The maximum Gasteiger partial charge on any atom is 0.229 e. The van der Waals surface area contributed by atoms with E-state index in [0.717, 1.165) is 9.75 Å². The summed E-state index contributed by atoms with van der Waals surface area (Å²) in [5, 5.41) is 9.29. The Morgan fingerprint density at radius 1 is 0.667 bits per heavy atom. The van der Waals surface area contributed by atoms with E-state index in [0.29, 0.717) is 11.4 Å². The molecule has 0 atom stereocenters. The molecule has 0 radical (unpaired) electrons. The topological polar surface area (TPSA) is 92.3 Å². The van der Waals surface area contributed by atoms with Gasteiger partial charge in [0.2, 0.25) is 21.7 Å². The Kier molecular flexibility index (Phi) is 7.02. The van der Waals surface area contributed by atoms with Crippen LogP contribution >= 0.6 is 22.7 Å². The average Bonchev–Trinajstić information content (AvgIpc) is 3.48. The Hall–Kier alpha value is -3.27. The van der Waals surface area contributed by atoms with Crippen LogP contribution in [0.1, 0.15) is 9.75 Å². The minimum absolute atomic E-state index is 0.0542. The van der Waals surface area contributed by atoms with Crippen molar-refractivity contribution in [2.75, 3.05) is 10.6 Å². The second-order valence-electron chi connectivity index (χ2n) is 7.17. The summed E-state index contributed by atoms with van der Waals surface area (Å²) in [6.45, 7) is 0. The summed E-state index contributed by atoms with van der Waals surface area (Å²) in [6, 6.07) is 19.8. The monoisotopic (exact) mass is 496 g/mol. The molecule has 0 spiro atoms. The molecule has 0 aliphatic carbocycles. The van der Waals surface area contributed by atoms with E-state index in [1.807, 2.05) is 35.0 Å². The van der Waals surface area contributed by atoms with Crippen LogP contribution in [0.3, 0.4) is 0 Å². The lowest BCUT2D eigenvalue weighted by Crippen LogP contribution is -2.14. The zero-order valence-corrected chi connectivity index (χ0v) is 19.8. The molecule has 33 heavy (non-hydrogen) atoms. The SMILES string of the molecule is O=C(Cc1cccs1)Nc1cccc(S(=O)(=O)c2cccc(NC(=O)Cc3cccs3)c2)c1. The van der Waals surface area contributed by atoms with Crippen LogP contribution < -0.4 is 10.6 Å². The minimum Gasteiger partial charge on any atom is -0.326 e. The third-order valence-electron chi connectivity index (χ3n) is 4.69. The second kappa shape index (κ2) is 10.1. The first kappa shape index (κ1) is 22.9. The van der Waals surface area contributed by atoms with Crippen molar-refractivity contribution in [1.82, 2.24) is 0 Å². The predicted octanol–water partition coefficient (Wildman–Crippen LogP) is 5.00. The quantitative estimate of drug-likeness (QED) is 0.359. The lowest BCUT2D eigenvalue weighted by molar-refractivity contribution is -0.116. The van der Waals surface area contributed by atoms with Crippen LogP contribution in [0, 0.1) is 0 Å². The van der Waals surface area contributed by atoms with Crippen molar-refractivity contribution in [2.45, 2.75) is 22.6 Å². The Labute approximate surface area is 199 Å². The standard InChI is InChI=1S/C24H20N2O4S3/c27-23(15-19-7-3-11-31-19)25-17-5-1-9-21(13-17)33(29,30)22-10-2-6-18(14-22)26-24(28)16-20-8-4-12-32-20/h1-14H,15-16H2,(H,25,27)(H,26,28). The molecule has 6 nitrogen and oxygen atoms in total. The van der Waals surface area contributed by atoms with Gasteiger partial charge in [-0.3, -0.25) is 9.59 Å². The van der Waals surface area contributed by atoms with Gasteiger partial charge in [0.15, 0.2) is 0 Å².